The minimum absolute atomic E-state index is 0.103. The standard InChI is InChI=1S/C19H28N2O3/c1-4-19(2,3)20-18(22)13-21-9-5-6-15(21)14-7-8-16-17(12-14)24-11-10-23-16/h7-8,12,15H,4-6,9-11,13H2,1-3H3,(H,20,22). The third-order valence-electron chi connectivity index (χ3n) is 5.02. The molecule has 5 heteroatoms. The highest BCUT2D eigenvalue weighted by atomic mass is 16.6. The molecular formula is C19H28N2O3. The summed E-state index contributed by atoms with van der Waals surface area (Å²) < 4.78 is 11.3. The molecule has 1 saturated heterocycles. The summed E-state index contributed by atoms with van der Waals surface area (Å²) in [7, 11) is 0. The van der Waals surface area contributed by atoms with Crippen molar-refractivity contribution in [1.29, 1.82) is 0 Å². The lowest BCUT2D eigenvalue weighted by atomic mass is 10.0. The molecule has 0 radical (unpaired) electrons. The van der Waals surface area contributed by atoms with Crippen LogP contribution in [0.15, 0.2) is 18.2 Å². The van der Waals surface area contributed by atoms with Gasteiger partial charge in [-0.05, 0) is 57.4 Å². The van der Waals surface area contributed by atoms with Crippen LogP contribution in [-0.2, 0) is 4.79 Å². The zero-order valence-corrected chi connectivity index (χ0v) is 14.9. The Bertz CT molecular complexity index is 600. The molecule has 5 nitrogen and oxygen atoms in total. The second-order valence-electron chi connectivity index (χ2n) is 7.32. The number of carbonyl (C=O) groups excluding carboxylic acids is 1. The number of ether oxygens (including phenoxy) is 2. The van der Waals surface area contributed by atoms with Crippen LogP contribution < -0.4 is 14.8 Å². The molecule has 132 valence electrons. The van der Waals surface area contributed by atoms with Crippen LogP contribution in [0.25, 0.3) is 0 Å². The second kappa shape index (κ2) is 7.01. The largest absolute Gasteiger partial charge is 0.486 e. The van der Waals surface area contributed by atoms with Gasteiger partial charge in [-0.15, -0.1) is 0 Å². The van der Waals surface area contributed by atoms with E-state index in [-0.39, 0.29) is 17.5 Å². The number of likely N-dealkylation sites (tertiary alicyclic amines) is 1. The maximum Gasteiger partial charge on any atom is 0.234 e. The van der Waals surface area contributed by atoms with E-state index in [2.05, 4.69) is 43.1 Å². The second-order valence-corrected chi connectivity index (χ2v) is 7.32. The normalized spacial score (nSPS) is 20.9. The molecule has 3 rings (SSSR count). The molecule has 1 N–H and O–H groups in total. The van der Waals surface area contributed by atoms with Gasteiger partial charge < -0.3 is 14.8 Å². The Balaban J connectivity index is 1.68. The first-order valence-electron chi connectivity index (χ1n) is 8.93. The lowest BCUT2D eigenvalue weighted by Gasteiger charge is -2.29. The molecule has 1 aromatic rings. The first-order valence-corrected chi connectivity index (χ1v) is 8.93. The van der Waals surface area contributed by atoms with Gasteiger partial charge in [-0.3, -0.25) is 9.69 Å². The zero-order chi connectivity index (χ0) is 17.2. The molecule has 1 atom stereocenters. The summed E-state index contributed by atoms with van der Waals surface area (Å²) in [5.74, 6) is 1.74. The predicted octanol–water partition coefficient (Wildman–Crippen LogP) is 2.90. The van der Waals surface area contributed by atoms with Gasteiger partial charge in [-0.1, -0.05) is 13.0 Å². The van der Waals surface area contributed by atoms with Crippen LogP contribution in [0.4, 0.5) is 0 Å². The van der Waals surface area contributed by atoms with Gasteiger partial charge in [0.25, 0.3) is 0 Å². The van der Waals surface area contributed by atoms with Crippen molar-refractivity contribution >= 4 is 5.91 Å². The first-order chi connectivity index (χ1) is 11.5. The number of fused-ring (bicyclic) bond motifs is 1. The van der Waals surface area contributed by atoms with E-state index in [9.17, 15) is 4.79 Å². The number of carbonyl (C=O) groups is 1. The van der Waals surface area contributed by atoms with Crippen molar-refractivity contribution < 1.29 is 14.3 Å². The van der Waals surface area contributed by atoms with Crippen LogP contribution in [0, 0.1) is 0 Å². The number of amides is 1. The summed E-state index contributed by atoms with van der Waals surface area (Å²) in [4.78, 5) is 14.7. The fraction of sp³-hybridized carbons (Fsp3) is 0.632. The van der Waals surface area contributed by atoms with Gasteiger partial charge in [0.15, 0.2) is 11.5 Å². The summed E-state index contributed by atoms with van der Waals surface area (Å²) in [6.07, 6.45) is 3.11. The Hall–Kier alpha value is -1.75. The molecule has 1 aromatic carbocycles. The Morgan fingerprint density at radius 2 is 2.04 bits per heavy atom. The van der Waals surface area contributed by atoms with Crippen LogP contribution in [0.3, 0.4) is 0 Å². The summed E-state index contributed by atoms with van der Waals surface area (Å²) in [5, 5.41) is 3.13. The quantitative estimate of drug-likeness (QED) is 0.901. The molecule has 0 aliphatic carbocycles. The van der Waals surface area contributed by atoms with Crippen LogP contribution in [-0.4, -0.2) is 42.6 Å². The molecule has 24 heavy (non-hydrogen) atoms. The molecule has 0 aromatic heterocycles. The lowest BCUT2D eigenvalue weighted by molar-refractivity contribution is -0.124. The predicted molar refractivity (Wildman–Crippen MR) is 93.5 cm³/mol. The molecule has 1 amide bonds. The van der Waals surface area contributed by atoms with Crippen LogP contribution >= 0.6 is 0 Å². The monoisotopic (exact) mass is 332 g/mol. The van der Waals surface area contributed by atoms with Crippen molar-refractivity contribution in [3.8, 4) is 11.5 Å². The molecule has 2 heterocycles. The molecule has 1 fully saturated rings. The molecule has 1 unspecified atom stereocenters. The minimum atomic E-state index is -0.150. The van der Waals surface area contributed by atoms with Crippen molar-refractivity contribution in [2.75, 3.05) is 26.3 Å². The van der Waals surface area contributed by atoms with E-state index in [1.54, 1.807) is 0 Å². The maximum atomic E-state index is 12.4. The highest BCUT2D eigenvalue weighted by molar-refractivity contribution is 5.78. The Morgan fingerprint density at radius 1 is 1.29 bits per heavy atom. The van der Waals surface area contributed by atoms with E-state index in [1.807, 2.05) is 6.07 Å². The fourth-order valence-corrected chi connectivity index (χ4v) is 3.35. The van der Waals surface area contributed by atoms with Crippen molar-refractivity contribution in [1.82, 2.24) is 10.2 Å². The van der Waals surface area contributed by atoms with Crippen molar-refractivity contribution in [2.24, 2.45) is 0 Å². The number of hydrogen-bond donors (Lipinski definition) is 1. The highest BCUT2D eigenvalue weighted by Crippen LogP contribution is 2.37. The van der Waals surface area contributed by atoms with Crippen molar-refractivity contribution in [3.63, 3.8) is 0 Å². The van der Waals surface area contributed by atoms with E-state index >= 15 is 0 Å². The molecular weight excluding hydrogens is 304 g/mol. The topological polar surface area (TPSA) is 50.8 Å². The van der Waals surface area contributed by atoms with Crippen molar-refractivity contribution in [3.05, 3.63) is 23.8 Å². The molecule has 0 spiro atoms. The summed E-state index contributed by atoms with van der Waals surface area (Å²) >= 11 is 0. The maximum absolute atomic E-state index is 12.4. The average Bonchev–Trinajstić information content (AvgIpc) is 3.01. The minimum Gasteiger partial charge on any atom is -0.486 e. The molecule has 2 aliphatic heterocycles. The number of rotatable bonds is 5. The van der Waals surface area contributed by atoms with E-state index in [1.165, 1.54) is 5.56 Å². The lowest BCUT2D eigenvalue weighted by Crippen LogP contribution is -2.47. The average molecular weight is 332 g/mol. The summed E-state index contributed by atoms with van der Waals surface area (Å²) in [6.45, 7) is 8.82. The third kappa shape index (κ3) is 3.83. The first kappa shape index (κ1) is 17.1. The van der Waals surface area contributed by atoms with Gasteiger partial charge in [0, 0.05) is 11.6 Å². The molecule has 2 aliphatic rings. The number of hydrogen-bond acceptors (Lipinski definition) is 4. The van der Waals surface area contributed by atoms with Crippen LogP contribution in [0.2, 0.25) is 0 Å². The van der Waals surface area contributed by atoms with E-state index in [4.69, 9.17) is 9.47 Å². The third-order valence-corrected chi connectivity index (χ3v) is 5.02. The number of nitrogens with one attached hydrogen (secondary N) is 1. The van der Waals surface area contributed by atoms with Gasteiger partial charge in [-0.25, -0.2) is 0 Å². The molecule has 0 bridgehead atoms. The summed E-state index contributed by atoms with van der Waals surface area (Å²) in [6, 6.07) is 6.44. The van der Waals surface area contributed by atoms with Gasteiger partial charge in [0.1, 0.15) is 13.2 Å². The summed E-state index contributed by atoms with van der Waals surface area (Å²) in [5.41, 5.74) is 1.06. The Labute approximate surface area is 144 Å². The fourth-order valence-electron chi connectivity index (χ4n) is 3.35. The van der Waals surface area contributed by atoms with E-state index in [0.29, 0.717) is 19.8 Å². The number of nitrogens with zero attached hydrogens (tertiary/aromatic N) is 1. The zero-order valence-electron chi connectivity index (χ0n) is 14.9. The highest BCUT2D eigenvalue weighted by Gasteiger charge is 2.29. The smallest absolute Gasteiger partial charge is 0.234 e. The van der Waals surface area contributed by atoms with E-state index in [0.717, 1.165) is 37.3 Å². The van der Waals surface area contributed by atoms with Gasteiger partial charge in [0.2, 0.25) is 5.91 Å². The van der Waals surface area contributed by atoms with E-state index < -0.39 is 0 Å². The van der Waals surface area contributed by atoms with Gasteiger partial charge in [-0.2, -0.15) is 0 Å². The Morgan fingerprint density at radius 3 is 2.79 bits per heavy atom. The Kier molecular flexibility index (Phi) is 4.99. The van der Waals surface area contributed by atoms with Crippen LogP contribution in [0.5, 0.6) is 11.5 Å². The number of benzene rings is 1. The van der Waals surface area contributed by atoms with Crippen LogP contribution in [0.1, 0.15) is 51.6 Å². The van der Waals surface area contributed by atoms with Gasteiger partial charge >= 0.3 is 0 Å². The SMILES string of the molecule is CCC(C)(C)NC(=O)CN1CCCC1c1ccc2c(c1)OCCO2. The molecule has 0 saturated carbocycles. The van der Waals surface area contributed by atoms with Gasteiger partial charge in [0.05, 0.1) is 6.54 Å². The van der Waals surface area contributed by atoms with Crippen molar-refractivity contribution in [2.45, 2.75) is 51.6 Å².